The van der Waals surface area contributed by atoms with Crippen LogP contribution in [0.5, 0.6) is 0 Å². The van der Waals surface area contributed by atoms with Gasteiger partial charge in [0.15, 0.2) is 5.82 Å². The largest absolute Gasteiger partial charge is 0.361 e. The summed E-state index contributed by atoms with van der Waals surface area (Å²) in [5.74, 6) is 2.16. The van der Waals surface area contributed by atoms with Crippen molar-refractivity contribution in [2.45, 2.75) is 26.8 Å². The number of fused-ring (bicyclic) bond motifs is 1. The molecule has 0 aliphatic heterocycles. The minimum absolute atomic E-state index is 0.500. The Morgan fingerprint density at radius 1 is 1.08 bits per heavy atom. The fourth-order valence-electron chi connectivity index (χ4n) is 3.05. The molecule has 0 unspecified atom stereocenters. The van der Waals surface area contributed by atoms with Crippen molar-refractivity contribution in [2.24, 2.45) is 5.92 Å². The van der Waals surface area contributed by atoms with Crippen molar-refractivity contribution in [2.75, 3.05) is 0 Å². The molecule has 0 aliphatic rings. The summed E-state index contributed by atoms with van der Waals surface area (Å²) in [6.45, 7) is 5.23. The number of aromatic amines is 1. The zero-order valence-corrected chi connectivity index (χ0v) is 14.5. The maximum absolute atomic E-state index is 4.79. The molecule has 0 saturated heterocycles. The van der Waals surface area contributed by atoms with E-state index in [-0.39, 0.29) is 0 Å². The van der Waals surface area contributed by atoms with E-state index in [1.165, 1.54) is 10.9 Å². The van der Waals surface area contributed by atoms with Crippen LogP contribution < -0.4 is 0 Å². The van der Waals surface area contributed by atoms with Gasteiger partial charge in [-0.15, -0.1) is 5.10 Å². The highest BCUT2D eigenvalue weighted by Gasteiger charge is 2.15. The van der Waals surface area contributed by atoms with Gasteiger partial charge in [-0.1, -0.05) is 38.1 Å². The van der Waals surface area contributed by atoms with Gasteiger partial charge in [0.2, 0.25) is 0 Å². The molecule has 126 valence electrons. The van der Waals surface area contributed by atoms with Crippen molar-refractivity contribution >= 4 is 10.9 Å². The number of H-pyrrole nitrogens is 1. The third-order valence-corrected chi connectivity index (χ3v) is 4.20. The highest BCUT2D eigenvalue weighted by molar-refractivity contribution is 5.83. The molecule has 0 spiro atoms. The molecule has 5 nitrogen and oxygen atoms in total. The van der Waals surface area contributed by atoms with Crippen LogP contribution in [0.3, 0.4) is 0 Å². The van der Waals surface area contributed by atoms with Crippen molar-refractivity contribution in [1.29, 1.82) is 0 Å². The molecule has 1 N–H and O–H groups in total. The average Bonchev–Trinajstić information content (AvgIpc) is 3.21. The second kappa shape index (κ2) is 6.51. The van der Waals surface area contributed by atoms with E-state index < -0.39 is 0 Å². The Balaban J connectivity index is 1.73. The molecule has 0 bridgehead atoms. The highest BCUT2D eigenvalue weighted by Crippen LogP contribution is 2.22. The van der Waals surface area contributed by atoms with Gasteiger partial charge in [0.1, 0.15) is 11.5 Å². The van der Waals surface area contributed by atoms with Crippen molar-refractivity contribution in [3.8, 4) is 11.5 Å². The van der Waals surface area contributed by atoms with Crippen LogP contribution in [-0.4, -0.2) is 24.7 Å². The molecule has 0 aliphatic carbocycles. The molecule has 1 aromatic carbocycles. The summed E-state index contributed by atoms with van der Waals surface area (Å²) in [5.41, 5.74) is 3.20. The summed E-state index contributed by atoms with van der Waals surface area (Å²) in [6.07, 6.45) is 4.59. The maximum Gasteiger partial charge on any atom is 0.200 e. The molecular formula is C20H21N5. The molecular weight excluding hydrogens is 310 g/mol. The first-order chi connectivity index (χ1) is 12.2. The summed E-state index contributed by atoms with van der Waals surface area (Å²) < 4.78 is 2.02. The second-order valence-corrected chi connectivity index (χ2v) is 6.68. The predicted octanol–water partition coefficient (Wildman–Crippen LogP) is 4.07. The lowest BCUT2D eigenvalue weighted by atomic mass is 10.1. The number of pyridine rings is 1. The van der Waals surface area contributed by atoms with Crippen LogP contribution in [-0.2, 0) is 13.0 Å². The summed E-state index contributed by atoms with van der Waals surface area (Å²) in [6, 6.07) is 14.2. The van der Waals surface area contributed by atoms with Crippen LogP contribution in [0.2, 0.25) is 0 Å². The molecule has 4 aromatic rings. The summed E-state index contributed by atoms with van der Waals surface area (Å²) in [7, 11) is 0. The normalized spacial score (nSPS) is 11.5. The molecule has 0 saturated carbocycles. The number of nitrogens with one attached hydrogen (secondary N) is 1. The van der Waals surface area contributed by atoms with Gasteiger partial charge in [0.25, 0.3) is 0 Å². The zero-order chi connectivity index (χ0) is 17.2. The number of hydrogen-bond acceptors (Lipinski definition) is 3. The van der Waals surface area contributed by atoms with E-state index in [4.69, 9.17) is 10.1 Å². The lowest BCUT2D eigenvalue weighted by Crippen LogP contribution is -2.10. The van der Waals surface area contributed by atoms with Gasteiger partial charge in [0.05, 0.1) is 0 Å². The molecule has 4 rings (SSSR count). The first kappa shape index (κ1) is 15.6. The first-order valence-corrected chi connectivity index (χ1v) is 8.61. The molecule has 5 heteroatoms. The molecule has 3 aromatic heterocycles. The van der Waals surface area contributed by atoms with Crippen LogP contribution >= 0.6 is 0 Å². The molecule has 0 atom stereocenters. The lowest BCUT2D eigenvalue weighted by molar-refractivity contribution is 0.469. The minimum atomic E-state index is 0.500. The molecule has 25 heavy (non-hydrogen) atoms. The number of aromatic nitrogens is 5. The van der Waals surface area contributed by atoms with Gasteiger partial charge in [-0.25, -0.2) is 9.67 Å². The van der Waals surface area contributed by atoms with Gasteiger partial charge >= 0.3 is 0 Å². The van der Waals surface area contributed by atoms with E-state index in [2.05, 4.69) is 48.2 Å². The quantitative estimate of drug-likeness (QED) is 0.600. The standard InChI is InChI=1S/C20H21N5/c1-14(2)13-25-19(23-20(24-25)18-9-5-6-10-21-18)11-15-12-22-17-8-4-3-7-16(15)17/h3-10,12,14,22H,11,13H2,1-2H3. The van der Waals surface area contributed by atoms with E-state index in [0.717, 1.165) is 30.0 Å². The number of nitrogens with zero attached hydrogens (tertiary/aromatic N) is 4. The third-order valence-electron chi connectivity index (χ3n) is 4.20. The van der Waals surface area contributed by atoms with Crippen LogP contribution in [0.4, 0.5) is 0 Å². The predicted molar refractivity (Wildman–Crippen MR) is 99.2 cm³/mol. The van der Waals surface area contributed by atoms with E-state index in [0.29, 0.717) is 11.7 Å². The number of hydrogen-bond donors (Lipinski definition) is 1. The fourth-order valence-corrected chi connectivity index (χ4v) is 3.05. The second-order valence-electron chi connectivity index (χ2n) is 6.68. The number of benzene rings is 1. The van der Waals surface area contributed by atoms with Crippen LogP contribution in [0.15, 0.2) is 54.9 Å². The summed E-state index contributed by atoms with van der Waals surface area (Å²) in [5, 5.41) is 5.95. The zero-order valence-electron chi connectivity index (χ0n) is 14.5. The highest BCUT2D eigenvalue weighted by atomic mass is 15.3. The Morgan fingerprint density at radius 3 is 2.72 bits per heavy atom. The summed E-state index contributed by atoms with van der Waals surface area (Å²) in [4.78, 5) is 12.5. The smallest absolute Gasteiger partial charge is 0.200 e. The Kier molecular flexibility index (Phi) is 4.06. The maximum atomic E-state index is 4.79. The van der Waals surface area contributed by atoms with Gasteiger partial charge in [0, 0.05) is 36.3 Å². The van der Waals surface area contributed by atoms with Crippen LogP contribution in [0.25, 0.3) is 22.4 Å². The molecule has 3 heterocycles. The monoisotopic (exact) mass is 331 g/mol. The molecule has 0 radical (unpaired) electrons. The van der Waals surface area contributed by atoms with E-state index >= 15 is 0 Å². The number of rotatable bonds is 5. The van der Waals surface area contributed by atoms with E-state index in [1.807, 2.05) is 28.9 Å². The molecule has 0 amide bonds. The first-order valence-electron chi connectivity index (χ1n) is 8.61. The van der Waals surface area contributed by atoms with Gasteiger partial charge in [-0.2, -0.15) is 0 Å². The third kappa shape index (κ3) is 3.18. The SMILES string of the molecule is CC(C)Cn1nc(-c2ccccn2)nc1Cc1c[nH]c2ccccc12. The van der Waals surface area contributed by atoms with Crippen molar-refractivity contribution < 1.29 is 0 Å². The lowest BCUT2D eigenvalue weighted by Gasteiger charge is -2.08. The van der Waals surface area contributed by atoms with Gasteiger partial charge in [-0.05, 0) is 29.7 Å². The van der Waals surface area contributed by atoms with E-state index in [1.54, 1.807) is 6.20 Å². The fraction of sp³-hybridized carbons (Fsp3) is 0.250. The summed E-state index contributed by atoms with van der Waals surface area (Å²) >= 11 is 0. The van der Waals surface area contributed by atoms with Crippen LogP contribution in [0, 0.1) is 5.92 Å². The van der Waals surface area contributed by atoms with Gasteiger partial charge in [-0.3, -0.25) is 4.98 Å². The van der Waals surface area contributed by atoms with Crippen molar-refractivity contribution in [1.82, 2.24) is 24.7 Å². The van der Waals surface area contributed by atoms with Crippen LogP contribution in [0.1, 0.15) is 25.2 Å². The van der Waals surface area contributed by atoms with Crippen molar-refractivity contribution in [3.63, 3.8) is 0 Å². The minimum Gasteiger partial charge on any atom is -0.361 e. The Morgan fingerprint density at radius 2 is 1.92 bits per heavy atom. The molecule has 0 fully saturated rings. The van der Waals surface area contributed by atoms with Gasteiger partial charge < -0.3 is 4.98 Å². The van der Waals surface area contributed by atoms with E-state index in [9.17, 15) is 0 Å². The number of para-hydroxylation sites is 1. The average molecular weight is 331 g/mol. The topological polar surface area (TPSA) is 59.4 Å². The Hall–Kier alpha value is -2.95. The van der Waals surface area contributed by atoms with Crippen molar-refractivity contribution in [3.05, 3.63) is 66.2 Å². The Bertz CT molecular complexity index is 982. The Labute approximate surface area is 146 Å².